The van der Waals surface area contributed by atoms with Gasteiger partial charge in [-0.2, -0.15) is 0 Å². The summed E-state index contributed by atoms with van der Waals surface area (Å²) in [5.41, 5.74) is 5.25. The molecule has 2 unspecified atom stereocenters. The number of carboxylic acids is 1. The van der Waals surface area contributed by atoms with Crippen LogP contribution in [-0.2, 0) is 14.4 Å². The van der Waals surface area contributed by atoms with Gasteiger partial charge in [-0.05, 0) is 18.8 Å². The molecule has 0 radical (unpaired) electrons. The van der Waals surface area contributed by atoms with Gasteiger partial charge in [-0.15, -0.1) is 0 Å². The lowest BCUT2D eigenvalue weighted by Crippen LogP contribution is -2.46. The Hall–Kier alpha value is -1.59. The monoisotopic (exact) mass is 256 g/mol. The first kappa shape index (κ1) is 14.5. The van der Waals surface area contributed by atoms with Gasteiger partial charge in [0.1, 0.15) is 12.0 Å². The number of amides is 2. The van der Waals surface area contributed by atoms with Gasteiger partial charge >= 0.3 is 5.97 Å². The number of aliphatic carboxylic acids is 1. The van der Waals surface area contributed by atoms with Crippen molar-refractivity contribution in [2.24, 2.45) is 17.6 Å². The van der Waals surface area contributed by atoms with Gasteiger partial charge in [0.05, 0.1) is 0 Å². The van der Waals surface area contributed by atoms with Crippen LogP contribution >= 0.6 is 0 Å². The minimum Gasteiger partial charge on any atom is -0.481 e. The van der Waals surface area contributed by atoms with Crippen molar-refractivity contribution in [1.82, 2.24) is 4.90 Å². The molecular weight excluding hydrogens is 236 g/mol. The first-order chi connectivity index (χ1) is 8.43. The van der Waals surface area contributed by atoms with Crippen molar-refractivity contribution >= 4 is 17.8 Å². The normalized spacial score (nSPS) is 25.2. The van der Waals surface area contributed by atoms with E-state index in [9.17, 15) is 14.4 Å². The topological polar surface area (TPSA) is 101 Å². The molecule has 0 spiro atoms. The van der Waals surface area contributed by atoms with E-state index in [0.717, 1.165) is 6.42 Å². The average molecular weight is 256 g/mol. The summed E-state index contributed by atoms with van der Waals surface area (Å²) >= 11 is 0. The van der Waals surface area contributed by atoms with E-state index in [0.29, 0.717) is 19.4 Å². The molecule has 1 saturated heterocycles. The highest BCUT2D eigenvalue weighted by Crippen LogP contribution is 2.30. The molecule has 2 amide bonds. The van der Waals surface area contributed by atoms with Gasteiger partial charge in [0.2, 0.25) is 11.8 Å². The predicted octanol–water partition coefficient (Wildman–Crippen LogP) is 0.210. The Labute approximate surface area is 106 Å². The molecule has 1 aliphatic rings. The molecule has 1 rings (SSSR count). The number of likely N-dealkylation sites (tertiary alicyclic amines) is 1. The van der Waals surface area contributed by atoms with E-state index >= 15 is 0 Å². The first-order valence-electron chi connectivity index (χ1n) is 6.26. The fraction of sp³-hybridized carbons (Fsp3) is 0.750. The Kier molecular flexibility index (Phi) is 4.69. The lowest BCUT2D eigenvalue weighted by molar-refractivity contribution is -0.150. The van der Waals surface area contributed by atoms with Crippen LogP contribution in [0.25, 0.3) is 0 Å². The first-order valence-corrected chi connectivity index (χ1v) is 6.26. The van der Waals surface area contributed by atoms with Crippen molar-refractivity contribution in [3.63, 3.8) is 0 Å². The number of nitrogens with zero attached hydrogens (tertiary/aromatic N) is 1. The highest BCUT2D eigenvalue weighted by molar-refractivity contribution is 6.00. The van der Waals surface area contributed by atoms with E-state index in [1.54, 1.807) is 6.92 Å². The molecule has 0 bridgehead atoms. The fourth-order valence-corrected chi connectivity index (χ4v) is 2.62. The largest absolute Gasteiger partial charge is 0.481 e. The van der Waals surface area contributed by atoms with Gasteiger partial charge in [0.25, 0.3) is 0 Å². The molecule has 6 nitrogen and oxygen atoms in total. The summed E-state index contributed by atoms with van der Waals surface area (Å²) < 4.78 is 0. The van der Waals surface area contributed by atoms with Crippen LogP contribution in [0.15, 0.2) is 0 Å². The highest BCUT2D eigenvalue weighted by Gasteiger charge is 2.47. The summed E-state index contributed by atoms with van der Waals surface area (Å²) in [6.45, 7) is 4.01. The van der Waals surface area contributed by atoms with E-state index in [2.05, 4.69) is 0 Å². The predicted molar refractivity (Wildman–Crippen MR) is 64.5 cm³/mol. The quantitative estimate of drug-likeness (QED) is 0.663. The van der Waals surface area contributed by atoms with Crippen LogP contribution in [0.3, 0.4) is 0 Å². The number of hydrogen-bond acceptors (Lipinski definition) is 3. The van der Waals surface area contributed by atoms with Crippen molar-refractivity contribution in [3.05, 3.63) is 0 Å². The second kappa shape index (κ2) is 5.84. The summed E-state index contributed by atoms with van der Waals surface area (Å²) in [7, 11) is 0. The Balaban J connectivity index is 2.94. The van der Waals surface area contributed by atoms with Crippen LogP contribution in [-0.4, -0.2) is 40.4 Å². The summed E-state index contributed by atoms with van der Waals surface area (Å²) in [5.74, 6) is -3.43. The average Bonchev–Trinajstić information content (AvgIpc) is 2.57. The number of carbonyl (C=O) groups excluding carboxylic acids is 2. The molecule has 1 aliphatic heterocycles. The van der Waals surface area contributed by atoms with Crippen LogP contribution in [0.1, 0.15) is 33.1 Å². The number of carboxylic acid groups (broad SMARTS) is 1. The van der Waals surface area contributed by atoms with Crippen molar-refractivity contribution in [1.29, 1.82) is 0 Å². The molecule has 0 aliphatic carbocycles. The van der Waals surface area contributed by atoms with E-state index in [1.807, 2.05) is 6.92 Å². The molecule has 0 aromatic carbocycles. The maximum absolute atomic E-state index is 12.1. The van der Waals surface area contributed by atoms with E-state index in [-0.39, 0.29) is 5.92 Å². The summed E-state index contributed by atoms with van der Waals surface area (Å²) in [6.07, 6.45) is 1.88. The lowest BCUT2D eigenvalue weighted by atomic mass is 9.92. The van der Waals surface area contributed by atoms with E-state index in [1.165, 1.54) is 4.90 Å². The molecule has 0 aromatic heterocycles. The number of nitrogens with two attached hydrogens (primary N) is 1. The minimum absolute atomic E-state index is 0.228. The second-order valence-electron chi connectivity index (χ2n) is 4.68. The van der Waals surface area contributed by atoms with Crippen molar-refractivity contribution in [2.45, 2.75) is 39.2 Å². The van der Waals surface area contributed by atoms with Crippen molar-refractivity contribution < 1.29 is 19.5 Å². The summed E-state index contributed by atoms with van der Waals surface area (Å²) in [5, 5.41) is 9.13. The molecule has 1 fully saturated rings. The standard InChI is InChI=1S/C12H20N2O4/c1-3-5-7-6-14(8(4-2)10(13)15)11(16)9(7)12(17)18/h7-9H,3-6H2,1-2H3,(H2,13,15)(H,17,18)/t7?,8-,9?/m0/s1. The Morgan fingerprint density at radius 1 is 1.50 bits per heavy atom. The van der Waals surface area contributed by atoms with Crippen molar-refractivity contribution in [3.8, 4) is 0 Å². The van der Waals surface area contributed by atoms with E-state index in [4.69, 9.17) is 10.8 Å². The van der Waals surface area contributed by atoms with Gasteiger partial charge in [0, 0.05) is 6.54 Å². The maximum Gasteiger partial charge on any atom is 0.316 e. The van der Waals surface area contributed by atoms with Crippen molar-refractivity contribution in [2.75, 3.05) is 6.54 Å². The van der Waals surface area contributed by atoms with Crippen LogP contribution in [0, 0.1) is 11.8 Å². The molecule has 3 atom stereocenters. The number of rotatable bonds is 6. The van der Waals surface area contributed by atoms with Gasteiger partial charge < -0.3 is 15.7 Å². The molecule has 0 saturated carbocycles. The number of carbonyl (C=O) groups is 3. The third-order valence-electron chi connectivity index (χ3n) is 3.47. The van der Waals surface area contributed by atoms with Crippen LogP contribution in [0.2, 0.25) is 0 Å². The van der Waals surface area contributed by atoms with Crippen LogP contribution < -0.4 is 5.73 Å². The summed E-state index contributed by atoms with van der Waals surface area (Å²) in [6, 6.07) is -0.693. The molecule has 18 heavy (non-hydrogen) atoms. The Morgan fingerprint density at radius 2 is 2.11 bits per heavy atom. The zero-order chi connectivity index (χ0) is 13.9. The molecule has 6 heteroatoms. The fourth-order valence-electron chi connectivity index (χ4n) is 2.62. The van der Waals surface area contributed by atoms with Gasteiger partial charge in [0.15, 0.2) is 0 Å². The molecule has 102 valence electrons. The minimum atomic E-state index is -1.11. The molecule has 3 N–H and O–H groups in total. The molecule has 1 heterocycles. The van der Waals surface area contributed by atoms with Gasteiger partial charge in [-0.1, -0.05) is 20.3 Å². The zero-order valence-corrected chi connectivity index (χ0v) is 10.8. The van der Waals surface area contributed by atoms with Crippen LogP contribution in [0.4, 0.5) is 0 Å². The third kappa shape index (κ3) is 2.63. The zero-order valence-electron chi connectivity index (χ0n) is 10.8. The van der Waals surface area contributed by atoms with E-state index < -0.39 is 29.7 Å². The van der Waals surface area contributed by atoms with Gasteiger partial charge in [-0.25, -0.2) is 0 Å². The Morgan fingerprint density at radius 3 is 2.50 bits per heavy atom. The molecular formula is C12H20N2O4. The van der Waals surface area contributed by atoms with Crippen LogP contribution in [0.5, 0.6) is 0 Å². The molecule has 0 aromatic rings. The Bertz CT molecular complexity index is 356. The number of hydrogen-bond donors (Lipinski definition) is 2. The SMILES string of the molecule is CCCC1CN([C@@H](CC)C(N)=O)C(=O)C1C(=O)O. The maximum atomic E-state index is 12.1. The second-order valence-corrected chi connectivity index (χ2v) is 4.68. The smallest absolute Gasteiger partial charge is 0.316 e. The highest BCUT2D eigenvalue weighted by atomic mass is 16.4. The third-order valence-corrected chi connectivity index (χ3v) is 3.47. The lowest BCUT2D eigenvalue weighted by Gasteiger charge is -2.24. The number of primary amides is 1. The summed E-state index contributed by atoms with van der Waals surface area (Å²) in [4.78, 5) is 35.9. The van der Waals surface area contributed by atoms with Gasteiger partial charge in [-0.3, -0.25) is 14.4 Å².